The number of fused-ring (bicyclic) bond motifs is 1. The summed E-state index contributed by atoms with van der Waals surface area (Å²) in [5.74, 6) is -0.509. The van der Waals surface area contributed by atoms with Gasteiger partial charge in [-0.25, -0.2) is 0 Å². The highest BCUT2D eigenvalue weighted by molar-refractivity contribution is 6.04. The van der Waals surface area contributed by atoms with Crippen LogP contribution in [0.3, 0.4) is 0 Å². The molecule has 0 aromatic heterocycles. The van der Waals surface area contributed by atoms with E-state index in [1.54, 1.807) is 18.9 Å². The summed E-state index contributed by atoms with van der Waals surface area (Å²) in [6.07, 6.45) is 0. The van der Waals surface area contributed by atoms with E-state index in [-0.39, 0.29) is 11.8 Å². The lowest BCUT2D eigenvalue weighted by Gasteiger charge is -2.27. The van der Waals surface area contributed by atoms with Crippen molar-refractivity contribution in [1.29, 1.82) is 0 Å². The van der Waals surface area contributed by atoms with E-state index in [2.05, 4.69) is 5.32 Å². The number of hydrogen-bond acceptors (Lipinski definition) is 4. The minimum Gasteiger partial charge on any atom is -0.341 e. The topological polar surface area (TPSA) is 78.7 Å². The Morgan fingerprint density at radius 2 is 1.72 bits per heavy atom. The smallest absolute Gasteiger partial charge is 0.251 e. The minimum atomic E-state index is -0.684. The quantitative estimate of drug-likeness (QED) is 0.892. The highest BCUT2D eigenvalue weighted by Gasteiger charge is 2.33. The number of anilines is 3. The number of carbonyl (C=O) groups excluding carboxylic acids is 2. The van der Waals surface area contributed by atoms with Crippen LogP contribution in [0.4, 0.5) is 17.1 Å². The lowest BCUT2D eigenvalue weighted by molar-refractivity contribution is -0.127. The van der Waals surface area contributed by atoms with Crippen molar-refractivity contribution in [1.82, 2.24) is 5.32 Å². The van der Waals surface area contributed by atoms with E-state index in [0.717, 1.165) is 17.1 Å². The van der Waals surface area contributed by atoms with Crippen molar-refractivity contribution in [3.05, 3.63) is 54.6 Å². The second-order valence-electron chi connectivity index (χ2n) is 6.18. The normalized spacial score (nSPS) is 18.4. The fourth-order valence-electron chi connectivity index (χ4n) is 2.95. The third-order valence-corrected chi connectivity index (χ3v) is 4.33. The first-order valence-electron chi connectivity index (χ1n) is 8.24. The number of likely N-dealkylation sites (N-methyl/N-ethyl adjacent to an activating group) is 1. The van der Waals surface area contributed by atoms with Crippen LogP contribution in [-0.4, -0.2) is 37.5 Å². The van der Waals surface area contributed by atoms with E-state index < -0.39 is 12.1 Å². The first-order chi connectivity index (χ1) is 12.0. The Bertz CT molecular complexity index is 776. The van der Waals surface area contributed by atoms with E-state index in [1.807, 2.05) is 59.5 Å². The van der Waals surface area contributed by atoms with Crippen LogP contribution in [0, 0.1) is 0 Å². The van der Waals surface area contributed by atoms with Gasteiger partial charge in [-0.05, 0) is 31.2 Å². The molecule has 3 N–H and O–H groups in total. The lowest BCUT2D eigenvalue weighted by Crippen LogP contribution is -2.54. The largest absolute Gasteiger partial charge is 0.341 e. The first kappa shape index (κ1) is 17.0. The van der Waals surface area contributed by atoms with Gasteiger partial charge in [0.1, 0.15) is 6.04 Å². The van der Waals surface area contributed by atoms with Crippen LogP contribution >= 0.6 is 0 Å². The number of nitrogens with two attached hydrogens (primary N) is 1. The highest BCUT2D eigenvalue weighted by Crippen LogP contribution is 2.36. The van der Waals surface area contributed by atoms with Gasteiger partial charge in [-0.3, -0.25) is 9.59 Å². The van der Waals surface area contributed by atoms with Crippen molar-refractivity contribution in [2.45, 2.75) is 19.0 Å². The lowest BCUT2D eigenvalue weighted by atomic mass is 10.2. The predicted molar refractivity (Wildman–Crippen MR) is 98.9 cm³/mol. The maximum atomic E-state index is 12.9. The van der Waals surface area contributed by atoms with Gasteiger partial charge in [-0.15, -0.1) is 0 Å². The molecule has 0 aliphatic carbocycles. The van der Waals surface area contributed by atoms with Crippen molar-refractivity contribution >= 4 is 28.9 Å². The van der Waals surface area contributed by atoms with Gasteiger partial charge < -0.3 is 20.9 Å². The van der Waals surface area contributed by atoms with Gasteiger partial charge in [-0.2, -0.15) is 0 Å². The van der Waals surface area contributed by atoms with E-state index in [4.69, 9.17) is 5.73 Å². The van der Waals surface area contributed by atoms with Crippen LogP contribution in [0.15, 0.2) is 54.6 Å². The number of rotatable bonds is 3. The Kier molecular flexibility index (Phi) is 4.72. The van der Waals surface area contributed by atoms with Crippen LogP contribution in [-0.2, 0) is 9.59 Å². The van der Waals surface area contributed by atoms with Gasteiger partial charge in [0.2, 0.25) is 5.91 Å². The summed E-state index contributed by atoms with van der Waals surface area (Å²) in [6, 6.07) is 16.2. The van der Waals surface area contributed by atoms with E-state index >= 15 is 0 Å². The molecule has 0 bridgehead atoms. The molecule has 1 aliphatic heterocycles. The molecule has 0 saturated heterocycles. The Hall–Kier alpha value is -2.86. The second-order valence-corrected chi connectivity index (χ2v) is 6.18. The number of nitrogens with zero attached hydrogens (tertiary/aromatic N) is 2. The monoisotopic (exact) mass is 338 g/mol. The maximum absolute atomic E-state index is 12.9. The fourth-order valence-corrected chi connectivity index (χ4v) is 2.95. The summed E-state index contributed by atoms with van der Waals surface area (Å²) in [5, 5.41) is 2.78. The molecular weight excluding hydrogens is 316 g/mol. The van der Waals surface area contributed by atoms with Gasteiger partial charge in [0.05, 0.1) is 24.0 Å². The zero-order valence-corrected chi connectivity index (χ0v) is 14.3. The summed E-state index contributed by atoms with van der Waals surface area (Å²) in [6.45, 7) is 1.94. The average molecular weight is 338 g/mol. The number of hydrogen-bond donors (Lipinski definition) is 2. The van der Waals surface area contributed by atoms with Gasteiger partial charge in [-0.1, -0.05) is 30.3 Å². The van der Waals surface area contributed by atoms with Gasteiger partial charge >= 0.3 is 0 Å². The summed E-state index contributed by atoms with van der Waals surface area (Å²) < 4.78 is 0. The minimum absolute atomic E-state index is 0.167. The molecule has 130 valence electrons. The molecule has 1 aliphatic rings. The van der Waals surface area contributed by atoms with Crippen LogP contribution in [0.25, 0.3) is 0 Å². The van der Waals surface area contributed by atoms with Crippen molar-refractivity contribution in [2.75, 3.05) is 23.4 Å². The van der Waals surface area contributed by atoms with E-state index in [9.17, 15) is 9.59 Å². The molecule has 2 aromatic carbocycles. The standard InChI is InChI=1S/C19H22N4O2/c1-13(20)18(24)21-15-12-23(14-8-4-3-5-9-14)17-11-7-6-10-16(17)22(2)19(15)25/h3-11,13,15H,12,20H2,1-2H3,(H,21,24)/t13-,15?/m0/s1. The summed E-state index contributed by atoms with van der Waals surface area (Å²) in [4.78, 5) is 28.6. The molecule has 6 nitrogen and oxygen atoms in total. The molecule has 2 atom stereocenters. The predicted octanol–water partition coefficient (Wildman–Crippen LogP) is 1.63. The molecular formula is C19H22N4O2. The van der Waals surface area contributed by atoms with Gasteiger partial charge in [0.25, 0.3) is 5.91 Å². The van der Waals surface area contributed by atoms with Crippen LogP contribution in [0.1, 0.15) is 6.92 Å². The molecule has 0 fully saturated rings. The summed E-state index contributed by atoms with van der Waals surface area (Å²) in [5.41, 5.74) is 8.33. The number of benzene rings is 2. The molecule has 0 spiro atoms. The average Bonchev–Trinajstić information content (AvgIpc) is 2.73. The fraction of sp³-hybridized carbons (Fsp3) is 0.263. The molecule has 1 unspecified atom stereocenters. The molecule has 2 aromatic rings. The molecule has 25 heavy (non-hydrogen) atoms. The number of amides is 2. The van der Waals surface area contributed by atoms with Crippen molar-refractivity contribution in [3.63, 3.8) is 0 Å². The third kappa shape index (κ3) is 3.34. The summed E-state index contributed by atoms with van der Waals surface area (Å²) in [7, 11) is 1.72. The van der Waals surface area contributed by atoms with Crippen molar-refractivity contribution in [3.8, 4) is 0 Å². The molecule has 3 rings (SSSR count). The zero-order chi connectivity index (χ0) is 18.0. The Morgan fingerprint density at radius 1 is 1.12 bits per heavy atom. The number of nitrogens with one attached hydrogen (secondary N) is 1. The third-order valence-electron chi connectivity index (χ3n) is 4.33. The SMILES string of the molecule is C[C@H](N)C(=O)NC1CN(c2ccccc2)c2ccccc2N(C)C1=O. The zero-order valence-electron chi connectivity index (χ0n) is 14.3. The number of para-hydroxylation sites is 3. The Balaban J connectivity index is 2.04. The summed E-state index contributed by atoms with van der Waals surface area (Å²) >= 11 is 0. The molecule has 1 heterocycles. The van der Waals surface area contributed by atoms with Crippen molar-refractivity contribution < 1.29 is 9.59 Å². The molecule has 0 saturated carbocycles. The van der Waals surface area contributed by atoms with E-state index in [0.29, 0.717) is 6.54 Å². The second kappa shape index (κ2) is 6.94. The Labute approximate surface area is 147 Å². The van der Waals surface area contributed by atoms with E-state index in [1.165, 1.54) is 0 Å². The first-order valence-corrected chi connectivity index (χ1v) is 8.24. The number of carbonyl (C=O) groups is 2. The van der Waals surface area contributed by atoms with Crippen LogP contribution in [0.2, 0.25) is 0 Å². The van der Waals surface area contributed by atoms with Crippen molar-refractivity contribution in [2.24, 2.45) is 5.73 Å². The van der Waals surface area contributed by atoms with Crippen LogP contribution in [0.5, 0.6) is 0 Å². The molecule has 2 amide bonds. The maximum Gasteiger partial charge on any atom is 0.251 e. The van der Waals surface area contributed by atoms with Crippen LogP contribution < -0.4 is 20.9 Å². The van der Waals surface area contributed by atoms with Gasteiger partial charge in [0.15, 0.2) is 0 Å². The molecule has 0 radical (unpaired) electrons. The van der Waals surface area contributed by atoms with Gasteiger partial charge in [0, 0.05) is 12.7 Å². The molecule has 6 heteroatoms. The Morgan fingerprint density at radius 3 is 2.36 bits per heavy atom. The highest BCUT2D eigenvalue weighted by atomic mass is 16.2.